The van der Waals surface area contributed by atoms with Gasteiger partial charge in [-0.1, -0.05) is 36.4 Å². The van der Waals surface area contributed by atoms with Crippen LogP contribution in [0.4, 0.5) is 11.6 Å². The number of nitrogen functional groups attached to an aromatic ring is 1. The molecule has 0 saturated carbocycles. The van der Waals surface area contributed by atoms with Gasteiger partial charge in [-0.3, -0.25) is 14.2 Å². The highest BCUT2D eigenvalue weighted by Crippen LogP contribution is 2.24. The minimum absolute atomic E-state index is 0.0255. The lowest BCUT2D eigenvalue weighted by Crippen LogP contribution is -2.41. The van der Waals surface area contributed by atoms with Crippen molar-refractivity contribution in [1.29, 1.82) is 5.41 Å². The molecule has 0 radical (unpaired) electrons. The number of aromatic nitrogens is 3. The number of ether oxygens (including phenoxy) is 1. The van der Waals surface area contributed by atoms with E-state index in [0.717, 1.165) is 22.2 Å². The number of nitrogens with one attached hydrogen (secondary N) is 2. The number of rotatable bonds is 7. The summed E-state index contributed by atoms with van der Waals surface area (Å²) in [5.74, 6) is 0.268. The largest absolute Gasteiger partial charge is 0.383 e. The number of hydrogen-bond donors (Lipinski definition) is 3. The lowest BCUT2D eigenvalue weighted by molar-refractivity contribution is -0.133. The van der Waals surface area contributed by atoms with Crippen LogP contribution in [0.15, 0.2) is 59.7 Å². The molecule has 1 aliphatic rings. The number of hydrogen-bond acceptors (Lipinski definition) is 8. The van der Waals surface area contributed by atoms with Gasteiger partial charge in [0.15, 0.2) is 0 Å². The van der Waals surface area contributed by atoms with Crippen molar-refractivity contribution in [3.05, 3.63) is 87.6 Å². The third kappa shape index (κ3) is 5.23. The van der Waals surface area contributed by atoms with E-state index in [9.17, 15) is 9.59 Å². The Kier molecular flexibility index (Phi) is 7.38. The number of nitrogens with zero attached hydrogens (tertiary/aromatic N) is 4. The number of fused-ring (bicyclic) bond motifs is 1. The van der Waals surface area contributed by atoms with E-state index in [1.807, 2.05) is 62.4 Å². The minimum atomic E-state index is -0.171. The Morgan fingerprint density at radius 2 is 1.82 bits per heavy atom. The second-order valence-corrected chi connectivity index (χ2v) is 9.59. The average Bonchev–Trinajstić information content (AvgIpc) is 2.93. The molecule has 200 valence electrons. The molecule has 10 nitrogen and oxygen atoms in total. The number of nitrogens with two attached hydrogens (primary N) is 1. The van der Waals surface area contributed by atoms with Crippen molar-refractivity contribution in [2.24, 2.45) is 0 Å². The van der Waals surface area contributed by atoms with Crippen LogP contribution in [0.2, 0.25) is 0 Å². The molecule has 4 N–H and O–H groups in total. The molecule has 0 unspecified atom stereocenters. The van der Waals surface area contributed by atoms with Crippen molar-refractivity contribution in [1.82, 2.24) is 19.4 Å². The van der Waals surface area contributed by atoms with Gasteiger partial charge < -0.3 is 26.1 Å². The Hall–Kier alpha value is -4.57. The zero-order valence-corrected chi connectivity index (χ0v) is 22.0. The van der Waals surface area contributed by atoms with Crippen molar-refractivity contribution in [2.45, 2.75) is 26.8 Å². The number of anilines is 2. The lowest BCUT2D eigenvalue weighted by Gasteiger charge is -2.27. The summed E-state index contributed by atoms with van der Waals surface area (Å²) < 4.78 is 7.04. The summed E-state index contributed by atoms with van der Waals surface area (Å²) in [7, 11) is 0. The Labute approximate surface area is 226 Å². The van der Waals surface area contributed by atoms with Crippen LogP contribution in [0.5, 0.6) is 0 Å². The first kappa shape index (κ1) is 26.1. The number of pyridine rings is 1. The first-order valence-electron chi connectivity index (χ1n) is 12.8. The normalized spacial score (nSPS) is 13.4. The van der Waals surface area contributed by atoms with E-state index < -0.39 is 0 Å². The molecule has 0 spiro atoms. The van der Waals surface area contributed by atoms with E-state index in [4.69, 9.17) is 15.9 Å². The van der Waals surface area contributed by atoms with Crippen LogP contribution in [0, 0.1) is 19.3 Å². The Balaban J connectivity index is 1.50. The van der Waals surface area contributed by atoms with Gasteiger partial charge in [-0.2, -0.15) is 0 Å². The maximum absolute atomic E-state index is 13.8. The number of morpholine rings is 1. The van der Waals surface area contributed by atoms with Gasteiger partial charge in [0.2, 0.25) is 5.91 Å². The smallest absolute Gasteiger partial charge is 0.263 e. The van der Waals surface area contributed by atoms with Crippen LogP contribution < -0.4 is 16.6 Å². The molecule has 39 heavy (non-hydrogen) atoms. The molecule has 1 amide bonds. The molecule has 2 aromatic carbocycles. The van der Waals surface area contributed by atoms with E-state index in [-0.39, 0.29) is 41.5 Å². The lowest BCUT2D eigenvalue weighted by atomic mass is 10.0. The van der Waals surface area contributed by atoms with Crippen molar-refractivity contribution in [3.8, 4) is 5.69 Å². The fourth-order valence-corrected chi connectivity index (χ4v) is 4.97. The first-order valence-corrected chi connectivity index (χ1v) is 12.8. The molecule has 1 aliphatic heterocycles. The summed E-state index contributed by atoms with van der Waals surface area (Å²) in [4.78, 5) is 36.7. The highest BCUT2D eigenvalue weighted by atomic mass is 16.5. The molecule has 1 saturated heterocycles. The SMILES string of the molecule is Cc1ccccc1-n1c(CNc2ncnc(N)c2C(=N)CC(=O)N2CCOCC2)cc2cccc(C)c2c1=O. The molecule has 0 aliphatic carbocycles. The molecule has 0 atom stereocenters. The molecule has 5 rings (SSSR count). The molecule has 1 fully saturated rings. The topological polar surface area (TPSA) is 139 Å². The maximum Gasteiger partial charge on any atom is 0.263 e. The summed E-state index contributed by atoms with van der Waals surface area (Å²) in [6.45, 7) is 6.08. The van der Waals surface area contributed by atoms with Crippen LogP contribution in [-0.4, -0.2) is 57.4 Å². The zero-order valence-electron chi connectivity index (χ0n) is 22.0. The quantitative estimate of drug-likeness (QED) is 0.315. The van der Waals surface area contributed by atoms with E-state index in [1.165, 1.54) is 6.33 Å². The predicted octanol–water partition coefficient (Wildman–Crippen LogP) is 3.21. The van der Waals surface area contributed by atoms with Gasteiger partial charge in [-0.15, -0.1) is 0 Å². The van der Waals surface area contributed by atoms with Crippen LogP contribution in [0.25, 0.3) is 16.5 Å². The van der Waals surface area contributed by atoms with Crippen LogP contribution >= 0.6 is 0 Å². The standard InChI is InChI=1S/C29H31N7O3/c1-18-6-3-4-9-23(18)36-21(14-20-8-5-7-19(2)25(20)29(36)38)16-32-28-26(27(31)33-17-34-28)22(30)15-24(37)35-10-12-39-13-11-35/h3-9,14,17,30H,10-13,15-16H2,1-2H3,(H3,31,32,33,34). The van der Waals surface area contributed by atoms with Crippen molar-refractivity contribution in [3.63, 3.8) is 0 Å². The second kappa shape index (κ2) is 11.0. The summed E-state index contributed by atoms with van der Waals surface area (Å²) >= 11 is 0. The molecular formula is C29H31N7O3. The van der Waals surface area contributed by atoms with E-state index in [1.54, 1.807) is 9.47 Å². The van der Waals surface area contributed by atoms with Crippen molar-refractivity contribution >= 4 is 34.0 Å². The van der Waals surface area contributed by atoms with Gasteiger partial charge in [0.05, 0.1) is 48.5 Å². The number of amides is 1. The van der Waals surface area contributed by atoms with Gasteiger partial charge in [0, 0.05) is 18.8 Å². The number of carbonyl (C=O) groups is 1. The number of carbonyl (C=O) groups excluding carboxylic acids is 1. The molecule has 10 heteroatoms. The second-order valence-electron chi connectivity index (χ2n) is 9.59. The average molecular weight is 526 g/mol. The van der Waals surface area contributed by atoms with Gasteiger partial charge in [0.25, 0.3) is 5.56 Å². The van der Waals surface area contributed by atoms with Crippen LogP contribution in [-0.2, 0) is 16.1 Å². The van der Waals surface area contributed by atoms with Crippen LogP contribution in [0.1, 0.15) is 28.8 Å². The highest BCUT2D eigenvalue weighted by Gasteiger charge is 2.23. The van der Waals surface area contributed by atoms with Crippen molar-refractivity contribution in [2.75, 3.05) is 37.4 Å². The van der Waals surface area contributed by atoms with Gasteiger partial charge >= 0.3 is 0 Å². The first-order chi connectivity index (χ1) is 18.8. The molecule has 0 bridgehead atoms. The molecule has 2 aromatic heterocycles. The number of benzene rings is 2. The number of para-hydroxylation sites is 1. The summed E-state index contributed by atoms with van der Waals surface area (Å²) in [5, 5.41) is 13.5. The van der Waals surface area contributed by atoms with Crippen molar-refractivity contribution < 1.29 is 9.53 Å². The van der Waals surface area contributed by atoms with E-state index in [2.05, 4.69) is 15.3 Å². The fourth-order valence-electron chi connectivity index (χ4n) is 4.97. The van der Waals surface area contributed by atoms with Gasteiger partial charge in [0.1, 0.15) is 18.0 Å². The third-order valence-electron chi connectivity index (χ3n) is 6.99. The fraction of sp³-hybridized carbons (Fsp3) is 0.276. The Morgan fingerprint density at radius 3 is 2.59 bits per heavy atom. The highest BCUT2D eigenvalue weighted by molar-refractivity contribution is 6.13. The Morgan fingerprint density at radius 1 is 1.08 bits per heavy atom. The summed E-state index contributed by atoms with van der Waals surface area (Å²) in [6, 6.07) is 15.5. The van der Waals surface area contributed by atoms with E-state index >= 15 is 0 Å². The van der Waals surface area contributed by atoms with E-state index in [0.29, 0.717) is 43.2 Å². The van der Waals surface area contributed by atoms with Crippen LogP contribution in [0.3, 0.4) is 0 Å². The van der Waals surface area contributed by atoms with Gasteiger partial charge in [-0.25, -0.2) is 9.97 Å². The zero-order chi connectivity index (χ0) is 27.5. The third-order valence-corrected chi connectivity index (χ3v) is 6.99. The molecular weight excluding hydrogens is 494 g/mol. The minimum Gasteiger partial charge on any atom is -0.383 e. The molecule has 3 heterocycles. The summed E-state index contributed by atoms with van der Waals surface area (Å²) in [5.41, 5.74) is 9.74. The predicted molar refractivity (Wildman–Crippen MR) is 152 cm³/mol. The number of aryl methyl sites for hydroxylation is 2. The maximum atomic E-state index is 13.8. The molecule has 4 aromatic rings. The Bertz CT molecular complexity index is 1620. The monoisotopic (exact) mass is 525 g/mol. The summed E-state index contributed by atoms with van der Waals surface area (Å²) in [6.07, 6.45) is 1.19. The van der Waals surface area contributed by atoms with Gasteiger partial charge in [-0.05, 0) is 42.5 Å².